The molecular weight excluding hydrogens is 1920 g/mol. The van der Waals surface area contributed by atoms with E-state index in [0.717, 1.165) is 99.9 Å². The number of nitrogens with zero attached hydrogens (tertiary/aromatic N) is 2. The molecule has 0 aromatic heterocycles. The standard InChI is InChI=1S/C68H100F6NO6.C32H26Br2F6O6.C2H3N.CH4.BrH/c1-9-11-13-15-17-19-21-23-25-27-29-31-33-35-37-39-41-75(42-40-38-36-34-32-30-28-26-24-22-20-18-16-14-12-10-2)47-51-57(49-43-53(69)61(73)54(70)44-49)63(76-3)67(80-7)65(78-5)59(51)60-52(48-75)58(50-45-55(71)62(74)56(72)46-50)64(77-4)68(81-8)66(60)79-6;1-41-27-21(13-7-17(35)25(39)18(36)8-13)15(11-33)23(29(43-3)31(27)45-5)24-16(12-34)22(14-9-19(37)26(40)20(38)10-14)28(42-2)32(46-6)30(24)44-4;1-2-3;;/h43-46H,9-42,47-48H2,1-8H3;7-10H,11-12H2,1-6H3;1H3;1H4;1H/q+1;;;;/p-1. The number of fused-ring (bicyclic) bond motifs is 3. The van der Waals surface area contributed by atoms with Crippen LogP contribution in [0.5, 0.6) is 69.0 Å². The van der Waals surface area contributed by atoms with Crippen LogP contribution in [0.25, 0.3) is 66.8 Å². The highest BCUT2D eigenvalue weighted by Crippen LogP contribution is 2.64. The molecule has 1 aliphatic heterocycles. The summed E-state index contributed by atoms with van der Waals surface area (Å²) in [6.45, 7) is 7.71. The Morgan fingerprint density at radius 3 is 0.606 bits per heavy atom. The first kappa shape index (κ1) is 114. The number of hydrogen-bond donors (Lipinski definition) is 0. The maximum absolute atomic E-state index is 15.7. The lowest BCUT2D eigenvalue weighted by molar-refractivity contribution is -0.953. The monoisotopic (exact) mass is 2050 g/mol. The molecule has 0 bridgehead atoms. The van der Waals surface area contributed by atoms with Crippen LogP contribution in [0.2, 0.25) is 0 Å². The molecule has 0 saturated heterocycles. The second kappa shape index (κ2) is 58.0. The Bertz CT molecular complexity index is 4660. The minimum atomic E-state index is -1.67. The average molecular weight is 2060 g/mol. The molecule has 8 aromatic carbocycles. The Balaban J connectivity index is 0.000000510. The molecule has 132 heavy (non-hydrogen) atoms. The van der Waals surface area contributed by atoms with Crippen LogP contribution in [0.15, 0.2) is 48.5 Å². The van der Waals surface area contributed by atoms with Crippen LogP contribution in [-0.4, -0.2) is 103 Å². The molecule has 1 aliphatic rings. The van der Waals surface area contributed by atoms with Gasteiger partial charge in [-0.3, -0.25) is 0 Å². The summed E-state index contributed by atoms with van der Waals surface area (Å²) in [5.41, 5.74) is 3.23. The fourth-order valence-corrected chi connectivity index (χ4v) is 19.1. The normalized spacial score (nSPS) is 11.7. The van der Waals surface area contributed by atoms with E-state index in [4.69, 9.17) is 62.1 Å². The van der Waals surface area contributed by atoms with Gasteiger partial charge >= 0.3 is 0 Å². The Morgan fingerprint density at radius 2 is 0.424 bits per heavy atom. The number of ether oxygens (including phenoxy) is 12. The molecule has 0 unspecified atom stereocenters. The molecule has 0 radical (unpaired) electrons. The molecule has 0 spiro atoms. The summed E-state index contributed by atoms with van der Waals surface area (Å²) in [5, 5.41) is 7.27. The fraction of sp³-hybridized carbons (Fsp3) is 0.524. The molecule has 0 amide bonds. The molecule has 0 fully saturated rings. The van der Waals surface area contributed by atoms with E-state index in [-0.39, 0.29) is 184 Å². The zero-order chi connectivity index (χ0) is 95.3. The molecule has 1 heterocycles. The molecule has 14 nitrogen and oxygen atoms in total. The first-order valence-corrected chi connectivity index (χ1v) is 47.3. The third-order valence-corrected chi connectivity index (χ3v) is 25.3. The van der Waals surface area contributed by atoms with Crippen LogP contribution >= 0.6 is 31.9 Å². The van der Waals surface area contributed by atoms with Gasteiger partial charge in [-0.25, -0.2) is 52.7 Å². The van der Waals surface area contributed by atoms with Crippen LogP contribution < -0.4 is 73.8 Å². The van der Waals surface area contributed by atoms with Gasteiger partial charge in [-0.2, -0.15) is 5.26 Å². The number of nitriles is 1. The number of alkyl halides is 2. The van der Waals surface area contributed by atoms with E-state index >= 15 is 17.6 Å². The Labute approximate surface area is 801 Å². The minimum absolute atomic E-state index is 0. The molecule has 8 aromatic rings. The third-order valence-electron chi connectivity index (χ3n) is 24.1. The molecule has 0 atom stereocenters. The van der Waals surface area contributed by atoms with E-state index in [9.17, 15) is 35.1 Å². The summed E-state index contributed by atoms with van der Waals surface area (Å²) in [7, 11) is 16.5. The molecule has 9 rings (SSSR count). The van der Waals surface area contributed by atoms with Crippen molar-refractivity contribution < 1.29 is 131 Å². The summed E-state index contributed by atoms with van der Waals surface area (Å²) < 4.78 is 251. The zero-order valence-corrected chi connectivity index (χ0v) is 83.2. The molecule has 29 heteroatoms. The van der Waals surface area contributed by atoms with Crippen LogP contribution in [0.3, 0.4) is 0 Å². The Hall–Kier alpha value is -8.59. The Morgan fingerprint density at radius 1 is 0.265 bits per heavy atom. The summed E-state index contributed by atoms with van der Waals surface area (Å²) >= 11 is 6.93. The topological polar surface area (TPSA) is 135 Å². The van der Waals surface area contributed by atoms with Crippen molar-refractivity contribution in [1.29, 1.82) is 5.26 Å². The second-order valence-corrected chi connectivity index (χ2v) is 33.7. The first-order valence-electron chi connectivity index (χ1n) is 45.1. The Kier molecular flexibility index (Phi) is 50.0. The highest BCUT2D eigenvalue weighted by atomic mass is 79.9. The maximum Gasteiger partial charge on any atom is 0.204 e. The van der Waals surface area contributed by atoms with Crippen LogP contribution in [-0.2, 0) is 23.7 Å². The molecule has 0 aliphatic carbocycles. The summed E-state index contributed by atoms with van der Waals surface area (Å²) in [5.74, 6) is -17.2. The van der Waals surface area contributed by atoms with Crippen molar-refractivity contribution in [3.05, 3.63) is 141 Å². The van der Waals surface area contributed by atoms with Gasteiger partial charge in [-0.05, 0) is 108 Å². The smallest absolute Gasteiger partial charge is 0.204 e. The van der Waals surface area contributed by atoms with Gasteiger partial charge in [-0.15, -0.1) is 0 Å². The zero-order valence-electron chi connectivity index (χ0n) is 78.5. The van der Waals surface area contributed by atoms with Gasteiger partial charge in [0, 0.05) is 73.2 Å². The number of methoxy groups -OCH3 is 12. The van der Waals surface area contributed by atoms with E-state index in [1.807, 2.05) is 0 Å². The number of hydrogen-bond acceptors (Lipinski definition) is 13. The van der Waals surface area contributed by atoms with Gasteiger partial charge < -0.3 is 78.3 Å². The number of unbranched alkanes of at least 4 members (excludes halogenated alkanes) is 30. The molecule has 0 N–H and O–H groups in total. The van der Waals surface area contributed by atoms with Crippen molar-refractivity contribution in [2.75, 3.05) is 98.4 Å². The van der Waals surface area contributed by atoms with Crippen molar-refractivity contribution in [2.24, 2.45) is 0 Å². The third kappa shape index (κ3) is 27.8. The van der Waals surface area contributed by atoms with E-state index in [2.05, 4.69) is 45.7 Å². The van der Waals surface area contributed by atoms with E-state index in [1.165, 1.54) is 246 Å². The predicted octanol–water partition coefficient (Wildman–Crippen LogP) is 28.5. The number of quaternary nitrogens is 1. The van der Waals surface area contributed by atoms with Crippen molar-refractivity contribution in [3.63, 3.8) is 0 Å². The van der Waals surface area contributed by atoms with Crippen molar-refractivity contribution in [2.45, 2.75) is 257 Å². The molecule has 0 saturated carbocycles. The summed E-state index contributed by atoms with van der Waals surface area (Å²) in [6.07, 6.45) is 38.9. The predicted molar refractivity (Wildman–Crippen MR) is 503 cm³/mol. The van der Waals surface area contributed by atoms with Gasteiger partial charge in [-0.1, -0.05) is 233 Å². The van der Waals surface area contributed by atoms with Crippen molar-refractivity contribution >= 4 is 31.9 Å². The van der Waals surface area contributed by atoms with Gasteiger partial charge in [0.25, 0.3) is 0 Å². The van der Waals surface area contributed by atoms with Crippen molar-refractivity contribution in [1.82, 2.24) is 0 Å². The van der Waals surface area contributed by atoms with Gasteiger partial charge in [0.2, 0.25) is 23.0 Å². The first-order chi connectivity index (χ1) is 62.8. The number of rotatable bonds is 53. The SMILES string of the molecule is C.CC#N.CCCCCCCCCCCCCCCCCC[N+]1(CCCCCCCCCCCCCCCCCC)Cc2c(-c3cc(F)c(F)c(F)c3)c(OC)c(OC)c(OC)c2-c2c(c(-c3cc(F)c(F)c(F)c3)c(OC)c(OC)c2OC)C1.COc1c(OC)c(-c2cc(F)c(F)c(F)c2)c(CBr)c(-c2c(CBr)c(-c3cc(F)c(F)c(F)c3)c(OC)c(OC)c2OC)c1OC.[Br-]. The lowest BCUT2D eigenvalue weighted by Gasteiger charge is -2.40. The van der Waals surface area contributed by atoms with Crippen LogP contribution in [0, 0.1) is 81.1 Å². The van der Waals surface area contributed by atoms with Crippen molar-refractivity contribution in [3.8, 4) is 142 Å². The summed E-state index contributed by atoms with van der Waals surface area (Å²) in [4.78, 5) is 0. The van der Waals surface area contributed by atoms with Gasteiger partial charge in [0.15, 0.2) is 116 Å². The quantitative estimate of drug-likeness (QED) is 0.0118. The maximum atomic E-state index is 15.7. The molecule has 732 valence electrons. The van der Waals surface area contributed by atoms with E-state index in [0.29, 0.717) is 39.8 Å². The van der Waals surface area contributed by atoms with Crippen LogP contribution in [0.1, 0.15) is 256 Å². The highest BCUT2D eigenvalue weighted by Gasteiger charge is 2.45. The number of benzene rings is 8. The van der Waals surface area contributed by atoms with E-state index < -0.39 is 69.8 Å². The largest absolute Gasteiger partial charge is 1.00 e. The van der Waals surface area contributed by atoms with Gasteiger partial charge in [0.1, 0.15) is 13.1 Å². The van der Waals surface area contributed by atoms with E-state index in [1.54, 1.807) is 6.07 Å². The minimum Gasteiger partial charge on any atom is -1.00 e. The lowest BCUT2D eigenvalue weighted by Crippen LogP contribution is -3.00. The highest BCUT2D eigenvalue weighted by molar-refractivity contribution is 9.08. The average Bonchev–Trinajstić information content (AvgIpc) is 1.47. The second-order valence-electron chi connectivity index (χ2n) is 32.5. The molecular formula is C103H133Br3F12N2O12. The summed E-state index contributed by atoms with van der Waals surface area (Å²) in [6, 6.07) is 8.75. The fourth-order valence-electron chi connectivity index (χ4n) is 18.0. The lowest BCUT2D eigenvalue weighted by atomic mass is 9.84. The number of halogens is 15. The van der Waals surface area contributed by atoms with Gasteiger partial charge in [0.05, 0.1) is 104 Å². The van der Waals surface area contributed by atoms with Crippen LogP contribution in [0.4, 0.5) is 52.7 Å².